The molecule has 32 heavy (non-hydrogen) atoms. The minimum atomic E-state index is -0.237. The maximum atomic E-state index is 12.5. The summed E-state index contributed by atoms with van der Waals surface area (Å²) in [5, 5.41) is 18.1. The fourth-order valence-corrected chi connectivity index (χ4v) is 3.57. The van der Waals surface area contributed by atoms with E-state index in [-0.39, 0.29) is 5.56 Å². The highest BCUT2D eigenvalue weighted by Crippen LogP contribution is 2.37. The van der Waals surface area contributed by atoms with Gasteiger partial charge >= 0.3 is 0 Å². The zero-order valence-electron chi connectivity index (χ0n) is 18.2. The maximum absolute atomic E-state index is 12.5. The third kappa shape index (κ3) is 4.53. The van der Waals surface area contributed by atoms with Gasteiger partial charge in [-0.3, -0.25) is 9.78 Å². The van der Waals surface area contributed by atoms with Crippen molar-refractivity contribution < 1.29 is 9.47 Å². The molecule has 166 valence electrons. The zero-order chi connectivity index (χ0) is 22.5. The topological polar surface area (TPSA) is 131 Å². The van der Waals surface area contributed by atoms with E-state index in [1.54, 1.807) is 25.6 Å². The molecular formula is C22H25N7O3. The van der Waals surface area contributed by atoms with E-state index in [2.05, 4.69) is 35.9 Å². The minimum Gasteiger partial charge on any atom is -0.493 e. The second-order valence-electron chi connectivity index (χ2n) is 7.47. The lowest BCUT2D eigenvalue weighted by atomic mass is 10.1. The standard InChI is InChI=1S/C22H25N7O3/c1-13-11-23-12-14(2)20(13)24-16-10-19(30)25-21-15(16)7-8-17(31-3)22(21)32-9-5-4-6-18-26-28-29-27-18/h7-8,10-12H,4-6,9H2,1-3H3,(H2,23,24,25,30)(H,26,27,28,29). The SMILES string of the molecule is COc1ccc2c(Nc3c(C)cncc3C)cc(=O)[nH]c2c1OCCCCc1nn[nH]n1. The fraction of sp³-hybridized carbons (Fsp3) is 0.318. The van der Waals surface area contributed by atoms with Crippen molar-refractivity contribution >= 4 is 22.3 Å². The summed E-state index contributed by atoms with van der Waals surface area (Å²) in [4.78, 5) is 19.6. The monoisotopic (exact) mass is 435 g/mol. The molecule has 4 aromatic rings. The van der Waals surface area contributed by atoms with E-state index in [9.17, 15) is 4.79 Å². The van der Waals surface area contributed by atoms with E-state index in [0.717, 1.165) is 35.0 Å². The third-order valence-electron chi connectivity index (χ3n) is 5.17. The van der Waals surface area contributed by atoms with Gasteiger partial charge in [0.05, 0.1) is 24.9 Å². The Balaban J connectivity index is 1.61. The zero-order valence-corrected chi connectivity index (χ0v) is 18.2. The van der Waals surface area contributed by atoms with Crippen LogP contribution in [0.25, 0.3) is 10.9 Å². The largest absolute Gasteiger partial charge is 0.493 e. The van der Waals surface area contributed by atoms with E-state index in [0.29, 0.717) is 41.6 Å². The van der Waals surface area contributed by atoms with Crippen molar-refractivity contribution in [3.8, 4) is 11.5 Å². The van der Waals surface area contributed by atoms with Gasteiger partial charge in [-0.25, -0.2) is 0 Å². The van der Waals surface area contributed by atoms with Crippen molar-refractivity contribution in [2.75, 3.05) is 19.0 Å². The van der Waals surface area contributed by atoms with Gasteiger partial charge in [0.15, 0.2) is 17.3 Å². The first-order chi connectivity index (χ1) is 15.6. The van der Waals surface area contributed by atoms with Crippen LogP contribution in [0.1, 0.15) is 29.8 Å². The second kappa shape index (κ2) is 9.46. The summed E-state index contributed by atoms with van der Waals surface area (Å²) >= 11 is 0. The van der Waals surface area contributed by atoms with E-state index < -0.39 is 0 Å². The predicted molar refractivity (Wildman–Crippen MR) is 121 cm³/mol. The average molecular weight is 435 g/mol. The number of pyridine rings is 2. The Morgan fingerprint density at radius 2 is 1.94 bits per heavy atom. The highest BCUT2D eigenvalue weighted by atomic mass is 16.5. The molecule has 0 spiro atoms. The van der Waals surface area contributed by atoms with Gasteiger partial charge < -0.3 is 19.8 Å². The van der Waals surface area contributed by atoms with Crippen LogP contribution in [0.2, 0.25) is 0 Å². The minimum absolute atomic E-state index is 0.237. The molecule has 10 nitrogen and oxygen atoms in total. The van der Waals surface area contributed by atoms with Crippen LogP contribution in [0.15, 0.2) is 35.4 Å². The number of hydrogen-bond acceptors (Lipinski definition) is 8. The fourth-order valence-electron chi connectivity index (χ4n) is 3.57. The molecule has 0 aliphatic heterocycles. The molecule has 3 heterocycles. The lowest BCUT2D eigenvalue weighted by molar-refractivity contribution is 0.289. The molecule has 0 bridgehead atoms. The first-order valence-electron chi connectivity index (χ1n) is 10.3. The van der Waals surface area contributed by atoms with Crippen LogP contribution in [0.4, 0.5) is 11.4 Å². The van der Waals surface area contributed by atoms with Crippen molar-refractivity contribution in [3.05, 3.63) is 57.9 Å². The van der Waals surface area contributed by atoms with E-state index in [4.69, 9.17) is 9.47 Å². The summed E-state index contributed by atoms with van der Waals surface area (Å²) in [6, 6.07) is 5.29. The summed E-state index contributed by atoms with van der Waals surface area (Å²) < 4.78 is 11.6. The molecule has 0 fully saturated rings. The predicted octanol–water partition coefficient (Wildman–Crippen LogP) is 3.21. The Morgan fingerprint density at radius 1 is 1.12 bits per heavy atom. The first-order valence-corrected chi connectivity index (χ1v) is 10.3. The van der Waals surface area contributed by atoms with Crippen molar-refractivity contribution in [1.29, 1.82) is 0 Å². The van der Waals surface area contributed by atoms with Crippen LogP contribution in [0, 0.1) is 13.8 Å². The molecule has 3 aromatic heterocycles. The lowest BCUT2D eigenvalue weighted by Crippen LogP contribution is -2.10. The highest BCUT2D eigenvalue weighted by molar-refractivity contribution is 5.97. The summed E-state index contributed by atoms with van der Waals surface area (Å²) in [5.74, 6) is 1.74. The quantitative estimate of drug-likeness (QED) is 0.342. The summed E-state index contributed by atoms with van der Waals surface area (Å²) in [6.45, 7) is 4.41. The van der Waals surface area contributed by atoms with Gasteiger partial charge in [-0.2, -0.15) is 5.21 Å². The summed E-state index contributed by atoms with van der Waals surface area (Å²) in [6.07, 6.45) is 5.91. The molecule has 3 N–H and O–H groups in total. The molecule has 0 radical (unpaired) electrons. The van der Waals surface area contributed by atoms with E-state index >= 15 is 0 Å². The van der Waals surface area contributed by atoms with Crippen molar-refractivity contribution in [2.24, 2.45) is 0 Å². The molecule has 0 saturated heterocycles. The molecular weight excluding hydrogens is 410 g/mol. The number of tetrazole rings is 1. The Kier molecular flexibility index (Phi) is 6.29. The maximum Gasteiger partial charge on any atom is 0.250 e. The molecule has 0 aliphatic carbocycles. The van der Waals surface area contributed by atoms with Crippen LogP contribution in [-0.4, -0.2) is 44.3 Å². The number of H-pyrrole nitrogens is 2. The number of fused-ring (bicyclic) bond motifs is 1. The molecule has 4 rings (SSSR count). The first kappa shape index (κ1) is 21.3. The van der Waals surface area contributed by atoms with Gasteiger partial charge in [-0.1, -0.05) is 5.21 Å². The number of unbranched alkanes of at least 4 members (excludes halogenated alkanes) is 1. The smallest absolute Gasteiger partial charge is 0.250 e. The summed E-state index contributed by atoms with van der Waals surface area (Å²) in [7, 11) is 1.58. The number of ether oxygens (including phenoxy) is 2. The van der Waals surface area contributed by atoms with Crippen molar-refractivity contribution in [2.45, 2.75) is 33.1 Å². The van der Waals surface area contributed by atoms with Gasteiger partial charge in [0.1, 0.15) is 0 Å². The molecule has 10 heteroatoms. The van der Waals surface area contributed by atoms with Crippen LogP contribution >= 0.6 is 0 Å². The Bertz CT molecular complexity index is 1250. The highest BCUT2D eigenvalue weighted by Gasteiger charge is 2.15. The van der Waals surface area contributed by atoms with Crippen LogP contribution in [0.3, 0.4) is 0 Å². The van der Waals surface area contributed by atoms with Crippen LogP contribution < -0.4 is 20.3 Å². The summed E-state index contributed by atoms with van der Waals surface area (Å²) in [5.41, 5.74) is 3.94. The Hall–Kier alpha value is -3.95. The number of nitrogens with one attached hydrogen (secondary N) is 3. The van der Waals surface area contributed by atoms with Crippen molar-refractivity contribution in [3.63, 3.8) is 0 Å². The molecule has 0 saturated carbocycles. The van der Waals surface area contributed by atoms with Gasteiger partial charge in [0.2, 0.25) is 0 Å². The molecule has 0 amide bonds. The second-order valence-corrected chi connectivity index (χ2v) is 7.47. The number of aryl methyl sites for hydroxylation is 3. The van der Waals surface area contributed by atoms with Gasteiger partial charge in [0.25, 0.3) is 5.56 Å². The lowest BCUT2D eigenvalue weighted by Gasteiger charge is -2.17. The number of methoxy groups -OCH3 is 1. The normalized spacial score (nSPS) is 11.0. The van der Waals surface area contributed by atoms with Crippen molar-refractivity contribution in [1.82, 2.24) is 30.6 Å². The Morgan fingerprint density at radius 3 is 2.66 bits per heavy atom. The van der Waals surface area contributed by atoms with Crippen LogP contribution in [0.5, 0.6) is 11.5 Å². The number of anilines is 2. The number of aromatic amines is 2. The number of hydrogen-bond donors (Lipinski definition) is 3. The molecule has 0 unspecified atom stereocenters. The number of nitrogens with zero attached hydrogens (tertiary/aromatic N) is 4. The molecule has 1 aromatic carbocycles. The molecule has 0 atom stereocenters. The number of aromatic nitrogens is 6. The van der Waals surface area contributed by atoms with Gasteiger partial charge in [-0.05, 0) is 49.9 Å². The van der Waals surface area contributed by atoms with Gasteiger partial charge in [0, 0.05) is 36.0 Å². The van der Waals surface area contributed by atoms with Gasteiger partial charge in [-0.15, -0.1) is 10.2 Å². The number of benzene rings is 1. The average Bonchev–Trinajstić information content (AvgIpc) is 3.29. The number of rotatable bonds is 9. The molecule has 0 aliphatic rings. The third-order valence-corrected chi connectivity index (χ3v) is 5.17. The Labute approximate surface area is 184 Å². The van der Waals surface area contributed by atoms with Crippen LogP contribution in [-0.2, 0) is 6.42 Å². The van der Waals surface area contributed by atoms with E-state index in [1.165, 1.54) is 0 Å². The van der Waals surface area contributed by atoms with E-state index in [1.807, 2.05) is 26.0 Å².